The van der Waals surface area contributed by atoms with E-state index in [0.29, 0.717) is 12.8 Å². The Labute approximate surface area is 185 Å². The van der Waals surface area contributed by atoms with Crippen molar-refractivity contribution < 1.29 is 34.2 Å². The summed E-state index contributed by atoms with van der Waals surface area (Å²) in [5.41, 5.74) is 16.2. The molecule has 0 radical (unpaired) electrons. The summed E-state index contributed by atoms with van der Waals surface area (Å²) in [6.07, 6.45) is 0.267. The molecule has 11 N–H and O–H groups in total. The monoisotopic (exact) mass is 459 g/mol. The zero-order valence-corrected chi connectivity index (χ0v) is 18.2. The van der Waals surface area contributed by atoms with Gasteiger partial charge in [0.15, 0.2) is 5.96 Å². The summed E-state index contributed by atoms with van der Waals surface area (Å²) in [5, 5.41) is 24.7. The van der Waals surface area contributed by atoms with Crippen molar-refractivity contribution in [3.05, 3.63) is 0 Å². The molecule has 3 amide bonds. The van der Waals surface area contributed by atoms with Crippen LogP contribution in [0.15, 0.2) is 4.99 Å². The molecule has 14 heteroatoms. The van der Waals surface area contributed by atoms with Gasteiger partial charge in [-0.15, -0.1) is 0 Å². The fourth-order valence-corrected chi connectivity index (χ4v) is 2.54. The molecule has 0 spiro atoms. The van der Waals surface area contributed by atoms with Crippen LogP contribution in [-0.2, 0) is 24.0 Å². The van der Waals surface area contributed by atoms with Gasteiger partial charge in [0.25, 0.3) is 0 Å². The highest BCUT2D eigenvalue weighted by Crippen LogP contribution is 2.09. The maximum absolute atomic E-state index is 12.7. The predicted molar refractivity (Wildman–Crippen MR) is 114 cm³/mol. The molecule has 0 aromatic heterocycles. The van der Waals surface area contributed by atoms with Gasteiger partial charge in [-0.2, -0.15) is 0 Å². The molecule has 0 aliphatic carbocycles. The number of amides is 3. The van der Waals surface area contributed by atoms with Crippen LogP contribution in [0.5, 0.6) is 0 Å². The zero-order valence-electron chi connectivity index (χ0n) is 18.2. The predicted octanol–water partition coefficient (Wildman–Crippen LogP) is -2.94. The average Bonchev–Trinajstić information content (AvgIpc) is 2.71. The van der Waals surface area contributed by atoms with Crippen molar-refractivity contribution in [2.24, 2.45) is 28.1 Å². The molecular weight excluding hydrogens is 426 g/mol. The lowest BCUT2D eigenvalue weighted by Gasteiger charge is -2.26. The molecule has 0 aromatic rings. The average molecular weight is 460 g/mol. The third-order valence-electron chi connectivity index (χ3n) is 4.52. The maximum Gasteiger partial charge on any atom is 0.322 e. The fourth-order valence-electron chi connectivity index (χ4n) is 2.54. The Hall–Kier alpha value is -3.42. The van der Waals surface area contributed by atoms with Crippen molar-refractivity contribution in [3.63, 3.8) is 0 Å². The normalized spacial score (nSPS) is 14.2. The Morgan fingerprint density at radius 3 is 2.09 bits per heavy atom. The summed E-state index contributed by atoms with van der Waals surface area (Å²) in [6, 6.07) is -3.67. The highest BCUT2D eigenvalue weighted by Gasteiger charge is 2.31. The lowest BCUT2D eigenvalue weighted by atomic mass is 9.97. The second-order valence-electron chi connectivity index (χ2n) is 7.20. The summed E-state index contributed by atoms with van der Waals surface area (Å²) in [7, 11) is 0. The minimum Gasteiger partial charge on any atom is -0.481 e. The van der Waals surface area contributed by atoms with Crippen LogP contribution in [0, 0.1) is 5.92 Å². The lowest BCUT2D eigenvalue weighted by molar-refractivity contribution is -0.142. The Kier molecular flexibility index (Phi) is 13.0. The van der Waals surface area contributed by atoms with Crippen molar-refractivity contribution in [3.8, 4) is 0 Å². The zero-order chi connectivity index (χ0) is 24.8. The maximum atomic E-state index is 12.7. The number of nitrogens with one attached hydrogen (secondary N) is 3. The summed E-state index contributed by atoms with van der Waals surface area (Å²) in [6.45, 7) is 3.00. The number of hydrogen-bond donors (Lipinski definition) is 8. The number of aliphatic imine (C=N–C) groups is 1. The molecular formula is C18H33N7O7. The third-order valence-corrected chi connectivity index (χ3v) is 4.52. The highest BCUT2D eigenvalue weighted by atomic mass is 16.4. The molecule has 4 unspecified atom stereocenters. The van der Waals surface area contributed by atoms with Gasteiger partial charge in [0.2, 0.25) is 17.7 Å². The molecule has 14 nitrogen and oxygen atoms in total. The second-order valence-corrected chi connectivity index (χ2v) is 7.20. The lowest BCUT2D eigenvalue weighted by Crippen LogP contribution is -2.58. The molecule has 0 aliphatic rings. The minimum absolute atomic E-state index is 0.107. The van der Waals surface area contributed by atoms with E-state index < -0.39 is 66.7 Å². The van der Waals surface area contributed by atoms with E-state index in [9.17, 15) is 24.0 Å². The Balaban J connectivity index is 5.21. The van der Waals surface area contributed by atoms with Crippen molar-refractivity contribution in [2.75, 3.05) is 13.1 Å². The molecule has 0 saturated carbocycles. The molecule has 4 atom stereocenters. The van der Waals surface area contributed by atoms with Crippen LogP contribution in [0.3, 0.4) is 0 Å². The van der Waals surface area contributed by atoms with Crippen molar-refractivity contribution >= 4 is 35.6 Å². The first-order chi connectivity index (χ1) is 14.9. The number of carbonyl (C=O) groups excluding carboxylic acids is 3. The standard InChI is InChI=1S/C18H33N7O7/c1-3-9(2)14(17(32)23-8-13(28)29)25-16(31)11(7-12(26)27)24-15(30)10(19)5-4-6-22-18(20)21/h9-11,14H,3-8,19H2,1-2H3,(H,23,32)(H,24,30)(H,25,31)(H,26,27)(H,28,29)(H4,20,21,22). The van der Waals surface area contributed by atoms with Crippen LogP contribution in [0.25, 0.3) is 0 Å². The molecule has 0 saturated heterocycles. The number of hydrogen-bond acceptors (Lipinski definition) is 7. The number of carboxylic acid groups (broad SMARTS) is 2. The number of rotatable bonds is 15. The van der Waals surface area contributed by atoms with Crippen LogP contribution in [0.1, 0.15) is 39.5 Å². The summed E-state index contributed by atoms with van der Waals surface area (Å²) >= 11 is 0. The van der Waals surface area contributed by atoms with Crippen LogP contribution in [-0.4, -0.2) is 77.0 Å². The first-order valence-corrected chi connectivity index (χ1v) is 10.0. The van der Waals surface area contributed by atoms with E-state index in [1.807, 2.05) is 0 Å². The van der Waals surface area contributed by atoms with Gasteiger partial charge in [-0.1, -0.05) is 20.3 Å². The molecule has 0 aliphatic heterocycles. The van der Waals surface area contributed by atoms with Crippen molar-refractivity contribution in [1.82, 2.24) is 16.0 Å². The van der Waals surface area contributed by atoms with Gasteiger partial charge in [0.05, 0.1) is 12.5 Å². The van der Waals surface area contributed by atoms with Gasteiger partial charge >= 0.3 is 11.9 Å². The van der Waals surface area contributed by atoms with Gasteiger partial charge in [0.1, 0.15) is 18.6 Å². The highest BCUT2D eigenvalue weighted by molar-refractivity contribution is 5.95. The smallest absolute Gasteiger partial charge is 0.322 e. The second kappa shape index (κ2) is 14.6. The van der Waals surface area contributed by atoms with Crippen molar-refractivity contribution in [1.29, 1.82) is 0 Å². The quantitative estimate of drug-likeness (QED) is 0.0702. The topological polar surface area (TPSA) is 252 Å². The molecule has 0 bridgehead atoms. The SMILES string of the molecule is CCC(C)C(NC(=O)C(CC(=O)O)NC(=O)C(N)CCCN=C(N)N)C(=O)NCC(=O)O. The first-order valence-electron chi connectivity index (χ1n) is 10.0. The van der Waals surface area contributed by atoms with Crippen LogP contribution < -0.4 is 33.2 Å². The number of nitrogens with two attached hydrogens (primary N) is 3. The third kappa shape index (κ3) is 11.7. The van der Waals surface area contributed by atoms with Gasteiger partial charge in [0, 0.05) is 6.54 Å². The number of aliphatic carboxylic acids is 2. The molecule has 0 heterocycles. The summed E-state index contributed by atoms with van der Waals surface area (Å²) in [4.78, 5) is 62.9. The van der Waals surface area contributed by atoms with Gasteiger partial charge in [-0.25, -0.2) is 0 Å². The van der Waals surface area contributed by atoms with E-state index >= 15 is 0 Å². The molecule has 32 heavy (non-hydrogen) atoms. The molecule has 0 aromatic carbocycles. The van der Waals surface area contributed by atoms with E-state index in [0.717, 1.165) is 0 Å². The number of nitrogens with zero attached hydrogens (tertiary/aromatic N) is 1. The summed E-state index contributed by atoms with van der Waals surface area (Å²) in [5.74, 6) is -5.54. The fraction of sp³-hybridized carbons (Fsp3) is 0.667. The molecule has 182 valence electrons. The van der Waals surface area contributed by atoms with E-state index in [1.165, 1.54) is 0 Å². The molecule has 0 rings (SSSR count). The minimum atomic E-state index is -1.50. The largest absolute Gasteiger partial charge is 0.481 e. The van der Waals surface area contributed by atoms with E-state index in [2.05, 4.69) is 20.9 Å². The van der Waals surface area contributed by atoms with Crippen molar-refractivity contribution in [2.45, 2.75) is 57.7 Å². The van der Waals surface area contributed by atoms with Gasteiger partial charge in [-0.05, 0) is 18.8 Å². The summed E-state index contributed by atoms with van der Waals surface area (Å²) < 4.78 is 0. The van der Waals surface area contributed by atoms with E-state index in [4.69, 9.17) is 27.4 Å². The first kappa shape index (κ1) is 28.6. The van der Waals surface area contributed by atoms with Gasteiger partial charge in [-0.3, -0.25) is 29.0 Å². The van der Waals surface area contributed by atoms with E-state index in [1.54, 1.807) is 13.8 Å². The number of carboxylic acids is 2. The Morgan fingerprint density at radius 2 is 1.59 bits per heavy atom. The van der Waals surface area contributed by atoms with Crippen LogP contribution >= 0.6 is 0 Å². The van der Waals surface area contributed by atoms with E-state index in [-0.39, 0.29) is 18.9 Å². The van der Waals surface area contributed by atoms with Crippen LogP contribution in [0.4, 0.5) is 0 Å². The number of guanidine groups is 1. The van der Waals surface area contributed by atoms with Gasteiger partial charge < -0.3 is 43.4 Å². The Morgan fingerprint density at radius 1 is 0.969 bits per heavy atom. The Bertz CT molecular complexity index is 710. The molecule has 0 fully saturated rings. The number of carbonyl (C=O) groups is 5. The van der Waals surface area contributed by atoms with Crippen LogP contribution in [0.2, 0.25) is 0 Å².